The van der Waals surface area contributed by atoms with Gasteiger partial charge in [-0.3, -0.25) is 24.5 Å². The number of amides is 4. The highest BCUT2D eigenvalue weighted by molar-refractivity contribution is 7.12. The summed E-state index contributed by atoms with van der Waals surface area (Å²) >= 11 is 0.732. The van der Waals surface area contributed by atoms with Crippen LogP contribution in [0, 0.1) is 5.13 Å². The number of hydrogen-bond acceptors (Lipinski definition) is 5. The molecule has 9 heteroatoms. The van der Waals surface area contributed by atoms with Crippen molar-refractivity contribution in [2.45, 2.75) is 25.4 Å². The van der Waals surface area contributed by atoms with E-state index in [1.54, 1.807) is 18.2 Å². The monoisotopic (exact) mass is 387 g/mol. The average molecular weight is 387 g/mol. The first-order valence-electron chi connectivity index (χ1n) is 8.27. The SMILES string of the molecule is O=C1CCC(N2Cc3c(NC(=O)c4ccc(F)s4)cccc3C2=O)C(=O)N1. The molecule has 1 saturated heterocycles. The van der Waals surface area contributed by atoms with Gasteiger partial charge in [0.05, 0.1) is 4.88 Å². The number of hydrogen-bond donors (Lipinski definition) is 2. The van der Waals surface area contributed by atoms with Crippen LogP contribution in [-0.2, 0) is 16.1 Å². The van der Waals surface area contributed by atoms with E-state index in [2.05, 4.69) is 10.6 Å². The Morgan fingerprint density at radius 1 is 1.22 bits per heavy atom. The fourth-order valence-electron chi connectivity index (χ4n) is 3.32. The number of rotatable bonds is 3. The molecular weight excluding hydrogens is 373 g/mol. The number of carbonyl (C=O) groups is 4. The number of nitrogens with one attached hydrogen (secondary N) is 2. The lowest BCUT2D eigenvalue weighted by Gasteiger charge is -2.29. The lowest BCUT2D eigenvalue weighted by Crippen LogP contribution is -2.52. The molecule has 1 aromatic heterocycles. The van der Waals surface area contributed by atoms with Gasteiger partial charge in [-0.15, -0.1) is 11.3 Å². The Balaban J connectivity index is 1.58. The van der Waals surface area contributed by atoms with Gasteiger partial charge in [-0.1, -0.05) is 6.07 Å². The molecule has 0 saturated carbocycles. The fourth-order valence-corrected chi connectivity index (χ4v) is 3.95. The molecule has 3 heterocycles. The Kier molecular flexibility index (Phi) is 4.23. The van der Waals surface area contributed by atoms with Crippen LogP contribution in [0.2, 0.25) is 0 Å². The Labute approximate surface area is 157 Å². The Hall–Kier alpha value is -3.07. The molecule has 4 rings (SSSR count). The van der Waals surface area contributed by atoms with Gasteiger partial charge in [0, 0.05) is 29.8 Å². The van der Waals surface area contributed by atoms with Crippen LogP contribution in [0.3, 0.4) is 0 Å². The van der Waals surface area contributed by atoms with Crippen LogP contribution in [-0.4, -0.2) is 34.6 Å². The molecule has 1 aromatic carbocycles. The topological polar surface area (TPSA) is 95.6 Å². The summed E-state index contributed by atoms with van der Waals surface area (Å²) in [7, 11) is 0. The number of halogens is 1. The van der Waals surface area contributed by atoms with Crippen LogP contribution in [0.4, 0.5) is 10.1 Å². The zero-order valence-electron chi connectivity index (χ0n) is 14.0. The largest absolute Gasteiger partial charge is 0.322 e. The number of piperidine rings is 1. The lowest BCUT2D eigenvalue weighted by atomic mass is 10.0. The predicted molar refractivity (Wildman–Crippen MR) is 94.7 cm³/mol. The van der Waals surface area contributed by atoms with Crippen molar-refractivity contribution in [1.82, 2.24) is 10.2 Å². The van der Waals surface area contributed by atoms with Crippen LogP contribution in [0.5, 0.6) is 0 Å². The van der Waals surface area contributed by atoms with Gasteiger partial charge in [-0.05, 0) is 30.7 Å². The third-order valence-corrected chi connectivity index (χ3v) is 5.50. The van der Waals surface area contributed by atoms with Crippen LogP contribution in [0.15, 0.2) is 30.3 Å². The number of imide groups is 1. The van der Waals surface area contributed by atoms with Crippen LogP contribution >= 0.6 is 11.3 Å². The van der Waals surface area contributed by atoms with E-state index < -0.39 is 23.0 Å². The Morgan fingerprint density at radius 3 is 2.74 bits per heavy atom. The van der Waals surface area contributed by atoms with E-state index in [0.717, 1.165) is 11.3 Å². The first-order valence-corrected chi connectivity index (χ1v) is 9.09. The molecule has 4 amide bonds. The third-order valence-electron chi connectivity index (χ3n) is 4.63. The molecule has 1 atom stereocenters. The number of carbonyl (C=O) groups excluding carboxylic acids is 4. The van der Waals surface area contributed by atoms with E-state index in [1.165, 1.54) is 17.0 Å². The zero-order valence-corrected chi connectivity index (χ0v) is 14.8. The number of benzene rings is 1. The normalized spacial score (nSPS) is 19.1. The summed E-state index contributed by atoms with van der Waals surface area (Å²) in [5.74, 6) is -1.63. The molecular formula is C18H14FN3O4S. The first kappa shape index (κ1) is 17.3. The second-order valence-electron chi connectivity index (χ2n) is 6.29. The van der Waals surface area contributed by atoms with Crippen molar-refractivity contribution < 1.29 is 23.6 Å². The van der Waals surface area contributed by atoms with Gasteiger partial charge in [0.15, 0.2) is 5.13 Å². The van der Waals surface area contributed by atoms with Gasteiger partial charge < -0.3 is 10.2 Å². The van der Waals surface area contributed by atoms with Gasteiger partial charge >= 0.3 is 0 Å². The number of fused-ring (bicyclic) bond motifs is 1. The van der Waals surface area contributed by atoms with E-state index in [9.17, 15) is 23.6 Å². The van der Waals surface area contributed by atoms with Crippen molar-refractivity contribution in [2.75, 3.05) is 5.32 Å². The highest BCUT2D eigenvalue weighted by atomic mass is 32.1. The molecule has 1 fully saturated rings. The lowest BCUT2D eigenvalue weighted by molar-refractivity contribution is -0.136. The molecule has 2 N–H and O–H groups in total. The number of thiophene rings is 1. The quantitative estimate of drug-likeness (QED) is 0.787. The van der Waals surface area contributed by atoms with Crippen molar-refractivity contribution >= 4 is 40.7 Å². The van der Waals surface area contributed by atoms with E-state index in [-0.39, 0.29) is 36.1 Å². The summed E-state index contributed by atoms with van der Waals surface area (Å²) in [4.78, 5) is 50.1. The maximum Gasteiger partial charge on any atom is 0.265 e. The molecule has 1 unspecified atom stereocenters. The maximum absolute atomic E-state index is 13.1. The number of anilines is 1. The first-order chi connectivity index (χ1) is 12.9. The summed E-state index contributed by atoms with van der Waals surface area (Å²) in [6, 6.07) is 6.79. The van der Waals surface area contributed by atoms with Gasteiger partial charge in [0.25, 0.3) is 11.8 Å². The standard InChI is InChI=1S/C18H14FN3O4S/c19-14-6-5-13(27-14)17(25)20-11-3-1-2-9-10(11)8-22(18(9)26)12-4-7-15(23)21-16(12)24/h1-3,5-6,12H,4,7-8H2,(H,20,25)(H,21,23,24). The van der Waals surface area contributed by atoms with Crippen molar-refractivity contribution in [3.8, 4) is 0 Å². The molecule has 0 aliphatic carbocycles. The van der Waals surface area contributed by atoms with Crippen molar-refractivity contribution in [3.63, 3.8) is 0 Å². The molecule has 2 aliphatic rings. The summed E-state index contributed by atoms with van der Waals surface area (Å²) in [5, 5.41) is 4.49. The van der Waals surface area contributed by atoms with Crippen LogP contribution < -0.4 is 10.6 Å². The van der Waals surface area contributed by atoms with Gasteiger partial charge in [0.1, 0.15) is 6.04 Å². The molecule has 7 nitrogen and oxygen atoms in total. The molecule has 2 aliphatic heterocycles. The second kappa shape index (κ2) is 6.58. The summed E-state index contributed by atoms with van der Waals surface area (Å²) < 4.78 is 13.1. The van der Waals surface area contributed by atoms with E-state index in [4.69, 9.17) is 0 Å². The van der Waals surface area contributed by atoms with E-state index in [0.29, 0.717) is 16.8 Å². The highest BCUT2D eigenvalue weighted by Crippen LogP contribution is 2.32. The molecule has 0 spiro atoms. The summed E-state index contributed by atoms with van der Waals surface area (Å²) in [5.41, 5.74) is 1.43. The van der Waals surface area contributed by atoms with Crippen molar-refractivity contribution in [3.05, 3.63) is 51.5 Å². The minimum Gasteiger partial charge on any atom is -0.322 e. The van der Waals surface area contributed by atoms with Crippen LogP contribution in [0.1, 0.15) is 38.4 Å². The van der Waals surface area contributed by atoms with Crippen molar-refractivity contribution in [2.24, 2.45) is 0 Å². The third kappa shape index (κ3) is 3.10. The molecule has 0 bridgehead atoms. The number of nitrogens with zero attached hydrogens (tertiary/aromatic N) is 1. The van der Waals surface area contributed by atoms with Gasteiger partial charge in [-0.25, -0.2) is 0 Å². The van der Waals surface area contributed by atoms with Crippen LogP contribution in [0.25, 0.3) is 0 Å². The molecule has 0 radical (unpaired) electrons. The second-order valence-corrected chi connectivity index (χ2v) is 7.32. The average Bonchev–Trinajstić information content (AvgIpc) is 3.20. The Bertz CT molecular complexity index is 987. The minimum atomic E-state index is -0.724. The zero-order chi connectivity index (χ0) is 19.1. The fraction of sp³-hybridized carbons (Fsp3) is 0.222. The summed E-state index contributed by atoms with van der Waals surface area (Å²) in [6.45, 7) is 0.149. The molecule has 138 valence electrons. The van der Waals surface area contributed by atoms with Crippen molar-refractivity contribution in [1.29, 1.82) is 0 Å². The molecule has 27 heavy (non-hydrogen) atoms. The van der Waals surface area contributed by atoms with E-state index >= 15 is 0 Å². The van der Waals surface area contributed by atoms with Gasteiger partial charge in [0.2, 0.25) is 11.8 Å². The Morgan fingerprint density at radius 2 is 2.04 bits per heavy atom. The minimum absolute atomic E-state index is 0.149. The smallest absolute Gasteiger partial charge is 0.265 e. The van der Waals surface area contributed by atoms with Gasteiger partial charge in [-0.2, -0.15) is 4.39 Å². The predicted octanol–water partition coefficient (Wildman–Crippen LogP) is 1.90. The maximum atomic E-state index is 13.1. The van der Waals surface area contributed by atoms with E-state index in [1.807, 2.05) is 0 Å². The summed E-state index contributed by atoms with van der Waals surface area (Å²) in [6.07, 6.45) is 0.435. The highest BCUT2D eigenvalue weighted by Gasteiger charge is 2.39. The molecule has 2 aromatic rings.